The van der Waals surface area contributed by atoms with Crippen molar-refractivity contribution in [1.29, 1.82) is 0 Å². The molecule has 2 aromatic rings. The lowest BCUT2D eigenvalue weighted by atomic mass is 10.0. The zero-order valence-electron chi connectivity index (χ0n) is 15.7. The summed E-state index contributed by atoms with van der Waals surface area (Å²) in [7, 11) is 0. The lowest BCUT2D eigenvalue weighted by molar-refractivity contribution is -0.125. The van der Waals surface area contributed by atoms with Crippen LogP contribution in [0, 0.1) is 0 Å². The van der Waals surface area contributed by atoms with Crippen molar-refractivity contribution in [2.24, 2.45) is 0 Å². The summed E-state index contributed by atoms with van der Waals surface area (Å²) in [4.78, 5) is 27.4. The van der Waals surface area contributed by atoms with Gasteiger partial charge < -0.3 is 9.47 Å². The molecule has 0 unspecified atom stereocenters. The molecule has 1 aromatic heterocycles. The maximum atomic E-state index is 12.6. The van der Waals surface area contributed by atoms with E-state index in [1.165, 1.54) is 6.08 Å². The summed E-state index contributed by atoms with van der Waals surface area (Å²) in [6, 6.07) is 13.1. The number of carbonyl (C=O) groups is 2. The van der Waals surface area contributed by atoms with Crippen LogP contribution >= 0.6 is 11.3 Å². The summed E-state index contributed by atoms with van der Waals surface area (Å²) in [6.45, 7) is 5.70. The van der Waals surface area contributed by atoms with Crippen molar-refractivity contribution in [3.8, 4) is 0 Å². The molecule has 1 aliphatic rings. The van der Waals surface area contributed by atoms with Crippen LogP contribution in [0.3, 0.4) is 0 Å². The van der Waals surface area contributed by atoms with Gasteiger partial charge in [-0.2, -0.15) is 0 Å². The maximum absolute atomic E-state index is 12.6. The molecule has 0 N–H and O–H groups in total. The smallest absolute Gasteiger partial charge is 0.418 e. The third kappa shape index (κ3) is 4.98. The Hall–Kier alpha value is -2.60. The Morgan fingerprint density at radius 2 is 1.89 bits per heavy atom. The van der Waals surface area contributed by atoms with E-state index in [1.54, 1.807) is 32.1 Å². The van der Waals surface area contributed by atoms with Crippen LogP contribution in [0.2, 0.25) is 0 Å². The molecule has 0 bridgehead atoms. The number of benzene rings is 1. The van der Waals surface area contributed by atoms with Gasteiger partial charge in [-0.25, -0.2) is 9.69 Å². The molecule has 0 saturated carbocycles. The van der Waals surface area contributed by atoms with Crippen molar-refractivity contribution in [1.82, 2.24) is 4.90 Å². The van der Waals surface area contributed by atoms with Gasteiger partial charge in [0.2, 0.25) is 0 Å². The van der Waals surface area contributed by atoms with E-state index in [1.807, 2.05) is 47.8 Å². The average molecular weight is 385 g/mol. The number of imide groups is 1. The summed E-state index contributed by atoms with van der Waals surface area (Å²) in [6.07, 6.45) is 1.21. The second-order valence-electron chi connectivity index (χ2n) is 7.31. The number of amides is 2. The number of nitrogens with zero attached hydrogens (tertiary/aromatic N) is 1. The number of ether oxygens (including phenoxy) is 2. The van der Waals surface area contributed by atoms with Crippen molar-refractivity contribution in [2.75, 3.05) is 0 Å². The summed E-state index contributed by atoms with van der Waals surface area (Å²) < 4.78 is 11.4. The molecule has 0 radical (unpaired) electrons. The molecule has 6 heteroatoms. The molecular formula is C21H23NO4S. The third-order valence-electron chi connectivity index (χ3n) is 3.97. The third-order valence-corrected chi connectivity index (χ3v) is 4.82. The van der Waals surface area contributed by atoms with E-state index in [9.17, 15) is 9.59 Å². The maximum Gasteiger partial charge on any atom is 0.418 e. The Morgan fingerprint density at radius 1 is 1.15 bits per heavy atom. The molecule has 27 heavy (non-hydrogen) atoms. The molecule has 1 atom stereocenters. The minimum absolute atomic E-state index is 0.365. The van der Waals surface area contributed by atoms with Gasteiger partial charge in [-0.1, -0.05) is 36.4 Å². The lowest BCUT2D eigenvalue weighted by Gasteiger charge is -2.28. The molecule has 0 saturated heterocycles. The molecule has 1 aliphatic heterocycles. The zero-order chi connectivity index (χ0) is 19.4. The fourth-order valence-corrected chi connectivity index (χ4v) is 3.43. The van der Waals surface area contributed by atoms with Crippen LogP contribution < -0.4 is 0 Å². The first-order valence-electron chi connectivity index (χ1n) is 8.80. The van der Waals surface area contributed by atoms with Crippen LogP contribution in [0.5, 0.6) is 0 Å². The van der Waals surface area contributed by atoms with Gasteiger partial charge in [0.1, 0.15) is 24.0 Å². The van der Waals surface area contributed by atoms with Crippen molar-refractivity contribution >= 4 is 23.3 Å². The normalized spacial score (nSPS) is 17.0. The van der Waals surface area contributed by atoms with Gasteiger partial charge in [0.05, 0.1) is 0 Å². The van der Waals surface area contributed by atoms with Crippen LogP contribution in [0.1, 0.15) is 31.2 Å². The van der Waals surface area contributed by atoms with Crippen molar-refractivity contribution < 1.29 is 19.1 Å². The summed E-state index contributed by atoms with van der Waals surface area (Å²) in [5.41, 5.74) is 0.325. The highest BCUT2D eigenvalue weighted by Gasteiger charge is 2.41. The Bertz CT molecular complexity index is 822. The number of hydrogen-bond donors (Lipinski definition) is 0. The Kier molecular flexibility index (Phi) is 5.65. The quantitative estimate of drug-likeness (QED) is 0.758. The number of rotatable bonds is 5. The number of thiophene rings is 1. The predicted molar refractivity (Wildman–Crippen MR) is 104 cm³/mol. The van der Waals surface area contributed by atoms with Crippen molar-refractivity contribution in [3.05, 3.63) is 70.1 Å². The van der Waals surface area contributed by atoms with Crippen molar-refractivity contribution in [2.45, 2.75) is 45.4 Å². The van der Waals surface area contributed by atoms with E-state index in [0.717, 1.165) is 15.3 Å². The molecule has 5 nitrogen and oxygen atoms in total. The van der Waals surface area contributed by atoms with Gasteiger partial charge in [-0.3, -0.25) is 4.79 Å². The van der Waals surface area contributed by atoms with Crippen LogP contribution in [-0.4, -0.2) is 28.5 Å². The molecule has 1 aromatic carbocycles. The SMILES string of the molecule is CC(C)(C)OC(=O)N1C(=O)C=C(OCc2cccs2)[C@@H]1Cc1ccccc1. The standard InChI is InChI=1S/C21H23NO4S/c1-21(2,3)26-20(24)22-17(12-15-8-5-4-6-9-15)18(13-19(22)23)25-14-16-10-7-11-27-16/h4-11,13,17H,12,14H2,1-3H3/t17-/m0/s1. The summed E-state index contributed by atoms with van der Waals surface area (Å²) in [5.74, 6) is 0.0782. The van der Waals surface area contributed by atoms with Gasteiger partial charge >= 0.3 is 6.09 Å². The van der Waals surface area contributed by atoms with Gasteiger partial charge in [-0.15, -0.1) is 11.3 Å². The molecule has 142 valence electrons. The van der Waals surface area contributed by atoms with Gasteiger partial charge in [0.15, 0.2) is 0 Å². The monoisotopic (exact) mass is 385 g/mol. The molecule has 0 aliphatic carbocycles. The Morgan fingerprint density at radius 3 is 2.52 bits per heavy atom. The number of carbonyl (C=O) groups excluding carboxylic acids is 2. The van der Waals surface area contributed by atoms with Gasteiger partial charge in [-0.05, 0) is 37.8 Å². The van der Waals surface area contributed by atoms with Gasteiger partial charge in [0, 0.05) is 17.4 Å². The molecule has 2 heterocycles. The second kappa shape index (κ2) is 7.96. The summed E-state index contributed by atoms with van der Waals surface area (Å²) >= 11 is 1.58. The largest absolute Gasteiger partial charge is 0.490 e. The van der Waals surface area contributed by atoms with Crippen LogP contribution in [0.4, 0.5) is 4.79 Å². The van der Waals surface area contributed by atoms with Crippen molar-refractivity contribution in [3.63, 3.8) is 0 Å². The number of hydrogen-bond acceptors (Lipinski definition) is 5. The van der Waals surface area contributed by atoms with E-state index >= 15 is 0 Å². The highest BCUT2D eigenvalue weighted by atomic mass is 32.1. The average Bonchev–Trinajstić information content (AvgIpc) is 3.20. The van der Waals surface area contributed by atoms with E-state index in [4.69, 9.17) is 9.47 Å². The molecule has 0 spiro atoms. The topological polar surface area (TPSA) is 55.8 Å². The molecule has 2 amide bonds. The first-order valence-corrected chi connectivity index (χ1v) is 9.68. The zero-order valence-corrected chi connectivity index (χ0v) is 16.5. The van der Waals surface area contributed by atoms with Crippen LogP contribution in [-0.2, 0) is 27.3 Å². The van der Waals surface area contributed by atoms with E-state index in [2.05, 4.69) is 0 Å². The predicted octanol–water partition coefficient (Wildman–Crippen LogP) is 4.54. The fraction of sp³-hybridized carbons (Fsp3) is 0.333. The van der Waals surface area contributed by atoms with E-state index in [-0.39, 0.29) is 0 Å². The minimum atomic E-state index is -0.685. The first-order chi connectivity index (χ1) is 12.8. The van der Waals surface area contributed by atoms with Crippen LogP contribution in [0.25, 0.3) is 0 Å². The van der Waals surface area contributed by atoms with Crippen LogP contribution in [0.15, 0.2) is 59.7 Å². The molecule has 0 fully saturated rings. The Labute approximate surface area is 163 Å². The summed E-state index contributed by atoms with van der Waals surface area (Å²) in [5, 5.41) is 1.97. The van der Waals surface area contributed by atoms with E-state index < -0.39 is 23.6 Å². The van der Waals surface area contributed by atoms with Gasteiger partial charge in [0.25, 0.3) is 5.91 Å². The molecule has 3 rings (SSSR count). The Balaban J connectivity index is 1.81. The molecular weight excluding hydrogens is 362 g/mol. The van der Waals surface area contributed by atoms with E-state index in [0.29, 0.717) is 18.8 Å². The highest BCUT2D eigenvalue weighted by Crippen LogP contribution is 2.28. The minimum Gasteiger partial charge on any atom is -0.490 e. The first kappa shape index (κ1) is 19.2. The lowest BCUT2D eigenvalue weighted by Crippen LogP contribution is -2.44. The highest BCUT2D eigenvalue weighted by molar-refractivity contribution is 7.09. The fourth-order valence-electron chi connectivity index (χ4n) is 2.81. The second-order valence-corrected chi connectivity index (χ2v) is 8.34.